The van der Waals surface area contributed by atoms with E-state index < -0.39 is 0 Å². The summed E-state index contributed by atoms with van der Waals surface area (Å²) in [5.41, 5.74) is 3.42. The molecule has 1 aromatic heterocycles. The zero-order valence-corrected chi connectivity index (χ0v) is 13.5. The molecular weight excluding hydrogens is 335 g/mol. The summed E-state index contributed by atoms with van der Waals surface area (Å²) in [5, 5.41) is 1.86. The molecule has 3 rings (SSSR count). The molecule has 0 fully saturated rings. The Kier molecular flexibility index (Phi) is 3.55. The van der Waals surface area contributed by atoms with Gasteiger partial charge in [-0.15, -0.1) is 0 Å². The van der Waals surface area contributed by atoms with Gasteiger partial charge in [0.05, 0.1) is 21.7 Å². The van der Waals surface area contributed by atoms with Gasteiger partial charge in [-0.3, -0.25) is 4.57 Å². The summed E-state index contributed by atoms with van der Waals surface area (Å²) in [7, 11) is 0. The van der Waals surface area contributed by atoms with Crippen molar-refractivity contribution in [3.05, 3.63) is 55.7 Å². The number of aryl methyl sites for hydroxylation is 1. The van der Waals surface area contributed by atoms with Crippen LogP contribution in [0, 0.1) is 11.7 Å². The van der Waals surface area contributed by atoms with Crippen LogP contribution in [0.3, 0.4) is 0 Å². The maximum atomic E-state index is 6.33. The fourth-order valence-electron chi connectivity index (χ4n) is 2.12. The van der Waals surface area contributed by atoms with Crippen LogP contribution in [0.2, 0.25) is 15.1 Å². The lowest BCUT2D eigenvalue weighted by Crippen LogP contribution is -1.96. The number of nitrogens with zero attached hydrogens (tertiary/aromatic N) is 1. The first-order valence-electron chi connectivity index (χ1n) is 5.83. The lowest BCUT2D eigenvalue weighted by molar-refractivity contribution is 1.06. The molecule has 0 unspecified atom stereocenters. The third-order valence-corrected chi connectivity index (χ3v) is 4.34. The van der Waals surface area contributed by atoms with E-state index in [0.717, 1.165) is 22.3 Å². The van der Waals surface area contributed by atoms with Crippen molar-refractivity contribution >= 4 is 58.1 Å². The number of benzene rings is 2. The molecule has 3 aromatic rings. The van der Waals surface area contributed by atoms with Gasteiger partial charge in [-0.1, -0.05) is 34.8 Å². The highest BCUT2D eigenvalue weighted by atomic mass is 35.5. The monoisotopic (exact) mass is 342 g/mol. The molecule has 0 amide bonds. The number of imidazole rings is 1. The van der Waals surface area contributed by atoms with Crippen LogP contribution in [0.1, 0.15) is 5.56 Å². The number of hydrogen-bond donors (Lipinski definition) is 1. The maximum Gasteiger partial charge on any atom is 0.182 e. The minimum atomic E-state index is 0.545. The lowest BCUT2D eigenvalue weighted by Gasteiger charge is -2.09. The van der Waals surface area contributed by atoms with E-state index in [4.69, 9.17) is 47.0 Å². The molecule has 102 valence electrons. The van der Waals surface area contributed by atoms with Crippen LogP contribution in [-0.2, 0) is 0 Å². The first kappa shape index (κ1) is 14.0. The number of fused-ring (bicyclic) bond motifs is 1. The number of aromatic amines is 1. The van der Waals surface area contributed by atoms with Gasteiger partial charge >= 0.3 is 0 Å². The zero-order chi connectivity index (χ0) is 14.4. The molecule has 0 bridgehead atoms. The fraction of sp³-hybridized carbons (Fsp3) is 0.0714. The number of rotatable bonds is 1. The van der Waals surface area contributed by atoms with Gasteiger partial charge in [0.2, 0.25) is 0 Å². The molecule has 2 nitrogen and oxygen atoms in total. The van der Waals surface area contributed by atoms with Gasteiger partial charge in [0.1, 0.15) is 0 Å². The number of hydrogen-bond acceptors (Lipinski definition) is 1. The van der Waals surface area contributed by atoms with Gasteiger partial charge in [-0.25, -0.2) is 0 Å². The predicted molar refractivity (Wildman–Crippen MR) is 88.2 cm³/mol. The third-order valence-electron chi connectivity index (χ3n) is 3.11. The van der Waals surface area contributed by atoms with Crippen molar-refractivity contribution in [1.82, 2.24) is 9.55 Å². The zero-order valence-electron chi connectivity index (χ0n) is 10.4. The van der Waals surface area contributed by atoms with E-state index in [1.165, 1.54) is 0 Å². The van der Waals surface area contributed by atoms with Crippen LogP contribution >= 0.6 is 47.0 Å². The number of nitrogens with one attached hydrogen (secondary N) is 1. The SMILES string of the molecule is Cc1cc(Cl)c(-n2c(=S)[nH]c3ccc(Cl)cc32)cc1Cl. The predicted octanol–water partition coefficient (Wildman–Crippen LogP) is 5.96. The second-order valence-corrected chi connectivity index (χ2v) is 6.12. The Labute approximate surface area is 135 Å². The highest BCUT2D eigenvalue weighted by Crippen LogP contribution is 2.31. The molecular formula is C14H9Cl3N2S. The summed E-state index contributed by atoms with van der Waals surface area (Å²) in [6.45, 7) is 1.91. The van der Waals surface area contributed by atoms with Crippen molar-refractivity contribution in [2.45, 2.75) is 6.92 Å². The summed E-state index contributed by atoms with van der Waals surface area (Å²) in [6, 6.07) is 9.16. The van der Waals surface area contributed by atoms with Crippen LogP contribution in [-0.4, -0.2) is 9.55 Å². The number of aromatic nitrogens is 2. The summed E-state index contributed by atoms with van der Waals surface area (Å²) in [5.74, 6) is 0. The van der Waals surface area contributed by atoms with Gasteiger partial charge in [-0.2, -0.15) is 0 Å². The molecule has 1 heterocycles. The first-order valence-corrected chi connectivity index (χ1v) is 7.38. The van der Waals surface area contributed by atoms with Crippen LogP contribution < -0.4 is 0 Å². The molecule has 0 radical (unpaired) electrons. The molecule has 6 heteroatoms. The first-order chi connectivity index (χ1) is 9.47. The molecule has 2 aromatic carbocycles. The Balaban J connectivity index is 2.40. The highest BCUT2D eigenvalue weighted by Gasteiger charge is 2.12. The molecule has 0 aliphatic heterocycles. The average Bonchev–Trinajstić information content (AvgIpc) is 2.69. The van der Waals surface area contributed by atoms with E-state index in [-0.39, 0.29) is 0 Å². The van der Waals surface area contributed by atoms with E-state index in [1.807, 2.05) is 41.8 Å². The maximum absolute atomic E-state index is 6.33. The largest absolute Gasteiger partial charge is 0.330 e. The summed E-state index contributed by atoms with van der Waals surface area (Å²) < 4.78 is 2.38. The van der Waals surface area contributed by atoms with E-state index in [1.54, 1.807) is 0 Å². The quantitative estimate of drug-likeness (QED) is 0.541. The van der Waals surface area contributed by atoms with E-state index in [0.29, 0.717) is 19.8 Å². The average molecular weight is 344 g/mol. The van der Waals surface area contributed by atoms with Crippen LogP contribution in [0.25, 0.3) is 16.7 Å². The molecule has 0 saturated heterocycles. The molecule has 0 aliphatic rings. The summed E-state index contributed by atoms with van der Waals surface area (Å²) in [6.07, 6.45) is 0. The van der Waals surface area contributed by atoms with Crippen LogP contribution in [0.4, 0.5) is 0 Å². The van der Waals surface area contributed by atoms with Gasteiger partial charge in [-0.05, 0) is 55.0 Å². The molecule has 1 N–H and O–H groups in total. The van der Waals surface area contributed by atoms with Crippen molar-refractivity contribution in [2.75, 3.05) is 0 Å². The third kappa shape index (κ3) is 2.25. The Hall–Kier alpha value is -1.00. The number of halogens is 3. The molecule has 0 saturated carbocycles. The summed E-state index contributed by atoms with van der Waals surface area (Å²) >= 11 is 24.0. The van der Waals surface area contributed by atoms with Gasteiger partial charge in [0.15, 0.2) is 4.77 Å². The van der Waals surface area contributed by atoms with Gasteiger partial charge in [0.25, 0.3) is 0 Å². The topological polar surface area (TPSA) is 20.7 Å². The van der Waals surface area contributed by atoms with Crippen molar-refractivity contribution in [1.29, 1.82) is 0 Å². The normalized spacial score (nSPS) is 11.2. The fourth-order valence-corrected chi connectivity index (χ4v) is 3.06. The highest BCUT2D eigenvalue weighted by molar-refractivity contribution is 7.71. The minimum absolute atomic E-state index is 0.545. The van der Waals surface area contributed by atoms with Crippen LogP contribution in [0.5, 0.6) is 0 Å². The Morgan fingerprint density at radius 1 is 1.05 bits per heavy atom. The van der Waals surface area contributed by atoms with E-state index >= 15 is 0 Å². The lowest BCUT2D eigenvalue weighted by atomic mass is 10.2. The van der Waals surface area contributed by atoms with Crippen LogP contribution in [0.15, 0.2) is 30.3 Å². The Morgan fingerprint density at radius 3 is 2.55 bits per heavy atom. The Bertz CT molecular complexity index is 880. The van der Waals surface area contributed by atoms with E-state index in [9.17, 15) is 0 Å². The second-order valence-electron chi connectivity index (χ2n) is 4.48. The molecule has 20 heavy (non-hydrogen) atoms. The second kappa shape index (κ2) is 5.08. The van der Waals surface area contributed by atoms with Crippen molar-refractivity contribution < 1.29 is 0 Å². The smallest absolute Gasteiger partial charge is 0.182 e. The van der Waals surface area contributed by atoms with Gasteiger partial charge in [0, 0.05) is 10.0 Å². The van der Waals surface area contributed by atoms with Crippen molar-refractivity contribution in [2.24, 2.45) is 0 Å². The molecule has 0 atom stereocenters. The molecule has 0 aliphatic carbocycles. The van der Waals surface area contributed by atoms with Crippen molar-refractivity contribution in [3.8, 4) is 5.69 Å². The number of H-pyrrole nitrogens is 1. The van der Waals surface area contributed by atoms with E-state index in [2.05, 4.69) is 4.98 Å². The minimum Gasteiger partial charge on any atom is -0.330 e. The standard InChI is InChI=1S/C14H9Cl3N2S/c1-7-4-10(17)12(6-9(7)16)19-13-5-8(15)2-3-11(13)18-14(19)20/h2-6H,1H3,(H,18,20). The Morgan fingerprint density at radius 2 is 1.80 bits per heavy atom. The summed E-state index contributed by atoms with van der Waals surface area (Å²) in [4.78, 5) is 3.13. The molecule has 0 spiro atoms. The van der Waals surface area contributed by atoms with Crippen molar-refractivity contribution in [3.63, 3.8) is 0 Å². The van der Waals surface area contributed by atoms with Gasteiger partial charge < -0.3 is 4.98 Å².